The highest BCUT2D eigenvalue weighted by molar-refractivity contribution is 14.0. The van der Waals surface area contributed by atoms with Gasteiger partial charge in [-0.1, -0.05) is 19.0 Å². The van der Waals surface area contributed by atoms with E-state index in [1.54, 1.807) is 0 Å². The summed E-state index contributed by atoms with van der Waals surface area (Å²) in [6.45, 7) is 4.68. The predicted molar refractivity (Wildman–Crippen MR) is 82.2 cm³/mol. The van der Waals surface area contributed by atoms with Gasteiger partial charge in [-0.15, -0.1) is 24.0 Å². The lowest BCUT2D eigenvalue weighted by Gasteiger charge is -2.03. The molecule has 1 saturated carbocycles. The SMILES string of the molecule is CCc1noc(CC)c1CN=C(N)NC1CC1.I. The van der Waals surface area contributed by atoms with Crippen molar-refractivity contribution in [3.05, 3.63) is 17.0 Å². The number of hydrogen-bond donors (Lipinski definition) is 2. The molecule has 0 saturated heterocycles. The third-order valence-electron chi connectivity index (χ3n) is 2.94. The number of nitrogens with two attached hydrogens (primary N) is 1. The maximum atomic E-state index is 5.80. The number of nitrogens with one attached hydrogen (secondary N) is 1. The van der Waals surface area contributed by atoms with E-state index in [-0.39, 0.29) is 24.0 Å². The summed E-state index contributed by atoms with van der Waals surface area (Å²) in [7, 11) is 0. The summed E-state index contributed by atoms with van der Waals surface area (Å²) in [5.74, 6) is 1.45. The van der Waals surface area contributed by atoms with Crippen LogP contribution in [0.25, 0.3) is 0 Å². The van der Waals surface area contributed by atoms with Crippen molar-refractivity contribution in [3.63, 3.8) is 0 Å². The molecule has 5 nitrogen and oxygen atoms in total. The lowest BCUT2D eigenvalue weighted by Crippen LogP contribution is -2.33. The molecule has 1 fully saturated rings. The van der Waals surface area contributed by atoms with E-state index >= 15 is 0 Å². The van der Waals surface area contributed by atoms with Crippen LogP contribution >= 0.6 is 24.0 Å². The van der Waals surface area contributed by atoms with Gasteiger partial charge >= 0.3 is 0 Å². The van der Waals surface area contributed by atoms with Crippen molar-refractivity contribution < 1.29 is 4.52 Å². The third kappa shape index (κ3) is 3.86. The van der Waals surface area contributed by atoms with Gasteiger partial charge in [0.15, 0.2) is 5.96 Å². The zero-order valence-electron chi connectivity index (χ0n) is 10.9. The van der Waals surface area contributed by atoms with Crippen LogP contribution in [-0.4, -0.2) is 17.2 Å². The monoisotopic (exact) mass is 364 g/mol. The molecule has 0 atom stereocenters. The van der Waals surface area contributed by atoms with Crippen molar-refractivity contribution in [1.29, 1.82) is 0 Å². The maximum absolute atomic E-state index is 5.80. The average Bonchev–Trinajstić information content (AvgIpc) is 3.04. The summed E-state index contributed by atoms with van der Waals surface area (Å²) < 4.78 is 5.28. The van der Waals surface area contributed by atoms with Gasteiger partial charge in [0.05, 0.1) is 12.2 Å². The lowest BCUT2D eigenvalue weighted by molar-refractivity contribution is 0.380. The van der Waals surface area contributed by atoms with Gasteiger partial charge in [-0.3, -0.25) is 0 Å². The highest BCUT2D eigenvalue weighted by Gasteiger charge is 2.21. The first-order valence-corrected chi connectivity index (χ1v) is 6.27. The van der Waals surface area contributed by atoms with Gasteiger partial charge in [-0.25, -0.2) is 4.99 Å². The van der Waals surface area contributed by atoms with Gasteiger partial charge in [0.2, 0.25) is 0 Å². The van der Waals surface area contributed by atoms with Crippen LogP contribution in [0.1, 0.15) is 43.7 Å². The fraction of sp³-hybridized carbons (Fsp3) is 0.667. The molecule has 1 heterocycles. The first kappa shape index (κ1) is 15.3. The zero-order chi connectivity index (χ0) is 12.3. The Morgan fingerprint density at radius 2 is 2.17 bits per heavy atom. The molecule has 2 rings (SSSR count). The molecular weight excluding hydrogens is 343 g/mol. The quantitative estimate of drug-likeness (QED) is 0.476. The van der Waals surface area contributed by atoms with Crippen LogP contribution in [0.3, 0.4) is 0 Å². The standard InChI is InChI=1S/C12H20N4O.HI/c1-3-10-9(11(4-2)17-16-10)7-14-12(13)15-8-5-6-8;/h8H,3-7H2,1-2H3,(H3,13,14,15);1H. The van der Waals surface area contributed by atoms with Crippen molar-refractivity contribution in [2.45, 2.75) is 52.1 Å². The Bertz CT molecular complexity index is 391. The topological polar surface area (TPSA) is 76.4 Å². The van der Waals surface area contributed by atoms with Gasteiger partial charge in [0, 0.05) is 18.0 Å². The number of rotatable bonds is 5. The average molecular weight is 364 g/mol. The Hall–Kier alpha value is -0.790. The highest BCUT2D eigenvalue weighted by Crippen LogP contribution is 2.19. The predicted octanol–water partition coefficient (Wildman–Crippen LogP) is 1.98. The van der Waals surface area contributed by atoms with Crippen LogP contribution in [0.5, 0.6) is 0 Å². The molecule has 1 aromatic heterocycles. The second kappa shape index (κ2) is 6.96. The zero-order valence-corrected chi connectivity index (χ0v) is 13.2. The second-order valence-corrected chi connectivity index (χ2v) is 4.36. The van der Waals surface area contributed by atoms with Crippen LogP contribution in [0.4, 0.5) is 0 Å². The molecule has 1 aromatic rings. The van der Waals surface area contributed by atoms with Crippen molar-refractivity contribution >= 4 is 29.9 Å². The fourth-order valence-electron chi connectivity index (χ4n) is 1.76. The van der Waals surface area contributed by atoms with E-state index in [0.717, 1.165) is 29.9 Å². The van der Waals surface area contributed by atoms with E-state index in [2.05, 4.69) is 29.3 Å². The van der Waals surface area contributed by atoms with Gasteiger partial charge in [0.25, 0.3) is 0 Å². The Balaban J connectivity index is 0.00000162. The molecule has 18 heavy (non-hydrogen) atoms. The second-order valence-electron chi connectivity index (χ2n) is 4.36. The molecule has 0 aromatic carbocycles. The minimum absolute atomic E-state index is 0. The van der Waals surface area contributed by atoms with Gasteiger partial charge in [-0.2, -0.15) is 0 Å². The van der Waals surface area contributed by atoms with E-state index < -0.39 is 0 Å². The Kier molecular flexibility index (Phi) is 5.90. The summed E-state index contributed by atoms with van der Waals surface area (Å²) in [5.41, 5.74) is 7.89. The van der Waals surface area contributed by atoms with Crippen molar-refractivity contribution in [3.8, 4) is 0 Å². The lowest BCUT2D eigenvalue weighted by atomic mass is 10.1. The summed E-state index contributed by atoms with van der Waals surface area (Å²) in [5, 5.41) is 7.22. The molecule has 3 N–H and O–H groups in total. The maximum Gasteiger partial charge on any atom is 0.189 e. The largest absolute Gasteiger partial charge is 0.370 e. The summed E-state index contributed by atoms with van der Waals surface area (Å²) in [4.78, 5) is 4.35. The minimum Gasteiger partial charge on any atom is -0.370 e. The number of nitrogens with zero attached hydrogens (tertiary/aromatic N) is 2. The number of hydrogen-bond acceptors (Lipinski definition) is 3. The van der Waals surface area contributed by atoms with Crippen LogP contribution < -0.4 is 11.1 Å². The number of aryl methyl sites for hydroxylation is 2. The van der Waals surface area contributed by atoms with E-state index in [4.69, 9.17) is 10.3 Å². The highest BCUT2D eigenvalue weighted by atomic mass is 127. The summed E-state index contributed by atoms with van der Waals surface area (Å²) in [6, 6.07) is 0.539. The first-order valence-electron chi connectivity index (χ1n) is 6.27. The van der Waals surface area contributed by atoms with Crippen LogP contribution in [0, 0.1) is 0 Å². The van der Waals surface area contributed by atoms with Crippen LogP contribution in [0.2, 0.25) is 0 Å². The van der Waals surface area contributed by atoms with Gasteiger partial charge in [0.1, 0.15) is 5.76 Å². The summed E-state index contributed by atoms with van der Waals surface area (Å²) >= 11 is 0. The van der Waals surface area contributed by atoms with Crippen LogP contribution in [-0.2, 0) is 19.4 Å². The molecule has 0 bridgehead atoms. The van der Waals surface area contributed by atoms with Gasteiger partial charge < -0.3 is 15.6 Å². The first-order chi connectivity index (χ1) is 8.24. The van der Waals surface area contributed by atoms with Crippen molar-refractivity contribution in [2.24, 2.45) is 10.7 Å². The van der Waals surface area contributed by atoms with E-state index in [1.165, 1.54) is 12.8 Å². The van der Waals surface area contributed by atoms with Crippen molar-refractivity contribution in [1.82, 2.24) is 10.5 Å². The smallest absolute Gasteiger partial charge is 0.189 e. The molecule has 1 aliphatic carbocycles. The number of halogens is 1. The Morgan fingerprint density at radius 3 is 2.72 bits per heavy atom. The molecule has 0 radical (unpaired) electrons. The molecule has 0 aliphatic heterocycles. The minimum atomic E-state index is 0. The molecular formula is C12H21IN4O. The molecule has 0 unspecified atom stereocenters. The summed E-state index contributed by atoms with van der Waals surface area (Å²) in [6.07, 6.45) is 4.10. The third-order valence-corrected chi connectivity index (χ3v) is 2.94. The van der Waals surface area contributed by atoms with Crippen LogP contribution in [0.15, 0.2) is 9.52 Å². The fourth-order valence-corrected chi connectivity index (χ4v) is 1.76. The van der Waals surface area contributed by atoms with Gasteiger partial charge in [-0.05, 0) is 19.3 Å². The van der Waals surface area contributed by atoms with Crippen molar-refractivity contribution in [2.75, 3.05) is 0 Å². The molecule has 0 amide bonds. The van der Waals surface area contributed by atoms with E-state index in [0.29, 0.717) is 18.5 Å². The molecule has 0 spiro atoms. The molecule has 6 heteroatoms. The molecule has 1 aliphatic rings. The number of aliphatic imine (C=N–C) groups is 1. The normalized spacial score (nSPS) is 15.3. The van der Waals surface area contributed by atoms with E-state index in [1.807, 2.05) is 0 Å². The van der Waals surface area contributed by atoms with E-state index in [9.17, 15) is 0 Å². The number of guanidine groups is 1. The number of aromatic nitrogens is 1. The molecule has 102 valence electrons. The Labute approximate surface area is 125 Å². The Morgan fingerprint density at radius 1 is 1.44 bits per heavy atom.